The Morgan fingerprint density at radius 3 is 2.39 bits per heavy atom. The third-order valence-electron chi connectivity index (χ3n) is 4.72. The van der Waals surface area contributed by atoms with Crippen LogP contribution in [0.5, 0.6) is 0 Å². The maximum Gasteiger partial charge on any atom is 0.0899 e. The van der Waals surface area contributed by atoms with E-state index in [0.717, 1.165) is 29.3 Å². The number of aliphatic hydroxyl groups is 1. The molecule has 0 saturated heterocycles. The lowest BCUT2D eigenvalue weighted by Gasteiger charge is -2.27. The van der Waals surface area contributed by atoms with Crippen molar-refractivity contribution in [2.75, 3.05) is 0 Å². The number of rotatable bonds is 2. The van der Waals surface area contributed by atoms with Gasteiger partial charge in [0, 0.05) is 5.02 Å². The molecule has 0 radical (unpaired) electrons. The molecule has 1 N–H and O–H groups in total. The van der Waals surface area contributed by atoms with Crippen molar-refractivity contribution in [3.8, 4) is 0 Å². The van der Waals surface area contributed by atoms with Crippen molar-refractivity contribution in [2.45, 2.75) is 57.0 Å². The van der Waals surface area contributed by atoms with Gasteiger partial charge in [0.1, 0.15) is 0 Å². The molecule has 0 heterocycles. The summed E-state index contributed by atoms with van der Waals surface area (Å²) in [5, 5.41) is 11.0. The fourth-order valence-electron chi connectivity index (χ4n) is 3.13. The smallest absolute Gasteiger partial charge is 0.0899 e. The second-order valence-electron chi connectivity index (χ2n) is 6.22. The number of halogens is 1. The molecule has 0 spiro atoms. The monoisotopic (exact) mass is 264 g/mol. The number of hydrogen-bond acceptors (Lipinski definition) is 1. The average molecular weight is 265 g/mol. The summed E-state index contributed by atoms with van der Waals surface area (Å²) < 4.78 is 0. The van der Waals surface area contributed by atoms with Crippen LogP contribution in [0.1, 0.15) is 62.5 Å². The molecule has 0 aliphatic heterocycles. The van der Waals surface area contributed by atoms with Gasteiger partial charge in [0.15, 0.2) is 0 Å². The van der Waals surface area contributed by atoms with Gasteiger partial charge in [0.2, 0.25) is 0 Å². The largest absolute Gasteiger partial charge is 0.385 e. The Bertz CT molecular complexity index is 442. The zero-order valence-electron chi connectivity index (χ0n) is 11.0. The van der Waals surface area contributed by atoms with Crippen LogP contribution in [0, 0.1) is 5.92 Å². The summed E-state index contributed by atoms with van der Waals surface area (Å²) in [5.74, 6) is 1.49. The maximum atomic E-state index is 10.1. The summed E-state index contributed by atoms with van der Waals surface area (Å²) in [6.45, 7) is 2.34. The molecule has 2 aliphatic carbocycles. The van der Waals surface area contributed by atoms with Crippen molar-refractivity contribution < 1.29 is 5.11 Å². The van der Waals surface area contributed by atoms with Crippen LogP contribution in [0.15, 0.2) is 18.2 Å². The van der Waals surface area contributed by atoms with Crippen LogP contribution < -0.4 is 0 Å². The Balaban J connectivity index is 1.80. The second-order valence-corrected chi connectivity index (χ2v) is 6.63. The standard InChI is InChI=1S/C16H21ClO/c1-11-2-4-12(5-3-11)14-7-6-13(10-15(14)17)16(18)8-9-16/h6-7,10-12,18H,2-5,8-9H2,1H3. The highest BCUT2D eigenvalue weighted by molar-refractivity contribution is 6.31. The van der Waals surface area contributed by atoms with Crippen LogP contribution in [-0.2, 0) is 5.60 Å². The Morgan fingerprint density at radius 2 is 1.83 bits per heavy atom. The third-order valence-corrected chi connectivity index (χ3v) is 5.04. The first-order valence-corrected chi connectivity index (χ1v) is 7.48. The first-order valence-electron chi connectivity index (χ1n) is 7.11. The minimum Gasteiger partial charge on any atom is -0.385 e. The normalized spacial score (nSPS) is 30.2. The van der Waals surface area contributed by atoms with E-state index in [9.17, 15) is 5.11 Å². The fraction of sp³-hybridized carbons (Fsp3) is 0.625. The van der Waals surface area contributed by atoms with Crippen LogP contribution in [0.4, 0.5) is 0 Å². The molecule has 0 amide bonds. The second kappa shape index (κ2) is 4.54. The van der Waals surface area contributed by atoms with Gasteiger partial charge in [-0.25, -0.2) is 0 Å². The molecular formula is C16H21ClO. The zero-order chi connectivity index (χ0) is 12.8. The van der Waals surface area contributed by atoms with Gasteiger partial charge in [-0.05, 0) is 54.7 Å². The number of hydrogen-bond donors (Lipinski definition) is 1. The molecule has 2 saturated carbocycles. The van der Waals surface area contributed by atoms with Crippen LogP contribution in [-0.4, -0.2) is 5.11 Å². The molecular weight excluding hydrogens is 244 g/mol. The van der Waals surface area contributed by atoms with E-state index in [1.54, 1.807) is 0 Å². The topological polar surface area (TPSA) is 20.2 Å². The van der Waals surface area contributed by atoms with E-state index >= 15 is 0 Å². The molecule has 98 valence electrons. The van der Waals surface area contributed by atoms with Crippen molar-refractivity contribution in [3.63, 3.8) is 0 Å². The van der Waals surface area contributed by atoms with Crippen molar-refractivity contribution >= 4 is 11.6 Å². The fourth-order valence-corrected chi connectivity index (χ4v) is 3.46. The van der Waals surface area contributed by atoms with E-state index in [1.165, 1.54) is 31.2 Å². The lowest BCUT2D eigenvalue weighted by Crippen LogP contribution is -2.12. The first-order chi connectivity index (χ1) is 8.58. The summed E-state index contributed by atoms with van der Waals surface area (Å²) in [6, 6.07) is 6.21. The predicted molar refractivity (Wildman–Crippen MR) is 75.0 cm³/mol. The van der Waals surface area contributed by atoms with Gasteiger partial charge >= 0.3 is 0 Å². The van der Waals surface area contributed by atoms with E-state index in [-0.39, 0.29) is 0 Å². The summed E-state index contributed by atoms with van der Waals surface area (Å²) in [4.78, 5) is 0. The third kappa shape index (κ3) is 2.31. The Morgan fingerprint density at radius 1 is 1.17 bits per heavy atom. The Kier molecular flexibility index (Phi) is 3.15. The average Bonchev–Trinajstić information content (AvgIpc) is 3.10. The van der Waals surface area contributed by atoms with E-state index in [2.05, 4.69) is 19.1 Å². The number of benzene rings is 1. The highest BCUT2D eigenvalue weighted by Crippen LogP contribution is 2.47. The predicted octanol–water partition coefficient (Wildman–Crippen LogP) is 4.62. The van der Waals surface area contributed by atoms with Gasteiger partial charge in [-0.15, -0.1) is 0 Å². The van der Waals surface area contributed by atoms with E-state index < -0.39 is 5.60 Å². The molecule has 0 unspecified atom stereocenters. The van der Waals surface area contributed by atoms with Gasteiger partial charge in [-0.1, -0.05) is 43.5 Å². The first kappa shape index (κ1) is 12.5. The zero-order valence-corrected chi connectivity index (χ0v) is 11.7. The molecule has 2 heteroatoms. The minimum atomic E-state index is -0.566. The van der Waals surface area contributed by atoms with Crippen LogP contribution in [0.25, 0.3) is 0 Å². The minimum absolute atomic E-state index is 0.566. The van der Waals surface area contributed by atoms with Gasteiger partial charge in [0.05, 0.1) is 5.60 Å². The molecule has 0 bridgehead atoms. The van der Waals surface area contributed by atoms with E-state index in [4.69, 9.17) is 11.6 Å². The van der Waals surface area contributed by atoms with Crippen molar-refractivity contribution in [2.24, 2.45) is 5.92 Å². The van der Waals surface area contributed by atoms with E-state index in [1.807, 2.05) is 6.07 Å². The molecule has 0 atom stereocenters. The molecule has 18 heavy (non-hydrogen) atoms. The highest BCUT2D eigenvalue weighted by atomic mass is 35.5. The highest BCUT2D eigenvalue weighted by Gasteiger charge is 2.42. The van der Waals surface area contributed by atoms with Crippen LogP contribution in [0.3, 0.4) is 0 Å². The summed E-state index contributed by atoms with van der Waals surface area (Å²) in [5.41, 5.74) is 1.72. The molecule has 1 nitrogen and oxygen atoms in total. The van der Waals surface area contributed by atoms with E-state index in [0.29, 0.717) is 5.92 Å². The summed E-state index contributed by atoms with van der Waals surface area (Å²) in [7, 11) is 0. The molecule has 2 fully saturated rings. The van der Waals surface area contributed by atoms with Gasteiger partial charge in [0.25, 0.3) is 0 Å². The van der Waals surface area contributed by atoms with Crippen LogP contribution >= 0.6 is 11.6 Å². The molecule has 1 aromatic rings. The lowest BCUT2D eigenvalue weighted by molar-refractivity contribution is 0.151. The van der Waals surface area contributed by atoms with Crippen molar-refractivity contribution in [1.29, 1.82) is 0 Å². The van der Waals surface area contributed by atoms with Gasteiger partial charge < -0.3 is 5.11 Å². The van der Waals surface area contributed by atoms with Crippen molar-refractivity contribution in [1.82, 2.24) is 0 Å². The SMILES string of the molecule is CC1CCC(c2ccc(C3(O)CC3)cc2Cl)CC1. The summed E-state index contributed by atoms with van der Waals surface area (Å²) >= 11 is 6.42. The van der Waals surface area contributed by atoms with Crippen molar-refractivity contribution in [3.05, 3.63) is 34.3 Å². The Hall–Kier alpha value is -0.530. The molecule has 2 aliphatic rings. The summed E-state index contributed by atoms with van der Waals surface area (Å²) in [6.07, 6.45) is 6.89. The quantitative estimate of drug-likeness (QED) is 0.827. The molecule has 0 aromatic heterocycles. The van der Waals surface area contributed by atoms with Crippen LogP contribution in [0.2, 0.25) is 5.02 Å². The molecule has 1 aromatic carbocycles. The lowest BCUT2D eigenvalue weighted by atomic mass is 9.79. The van der Waals surface area contributed by atoms with Gasteiger partial charge in [-0.3, -0.25) is 0 Å². The maximum absolute atomic E-state index is 10.1. The Labute approximate surface area is 114 Å². The molecule has 3 rings (SSSR count). The van der Waals surface area contributed by atoms with Gasteiger partial charge in [-0.2, -0.15) is 0 Å².